The lowest BCUT2D eigenvalue weighted by molar-refractivity contribution is 0.0116. The number of hydrogen-bond donors (Lipinski definition) is 1. The number of aromatic carboxylic acids is 1. The Hall–Kier alpha value is -1.52. The van der Waals surface area contributed by atoms with E-state index < -0.39 is 11.9 Å². The van der Waals surface area contributed by atoms with E-state index in [0.717, 1.165) is 6.92 Å². The molecule has 1 aromatic heterocycles. The van der Waals surface area contributed by atoms with Crippen molar-refractivity contribution in [1.29, 1.82) is 0 Å². The number of rotatable bonds is 3. The molecule has 0 fully saturated rings. The van der Waals surface area contributed by atoms with Crippen molar-refractivity contribution in [1.82, 2.24) is 4.98 Å². The molecule has 0 saturated carbocycles. The zero-order valence-electron chi connectivity index (χ0n) is 11.1. The van der Waals surface area contributed by atoms with Crippen molar-refractivity contribution in [3.8, 4) is 0 Å². The standard InChI is InChI=1S/C13H17F2NO2/c1-6(2)10-9(12(17)18)7(3)8(4)11(16-10)13(5,14)15/h6H,1-5H3,(H,17,18). The van der Waals surface area contributed by atoms with Crippen molar-refractivity contribution in [3.05, 3.63) is 28.1 Å². The summed E-state index contributed by atoms with van der Waals surface area (Å²) in [6.45, 7) is 7.27. The summed E-state index contributed by atoms with van der Waals surface area (Å²) >= 11 is 0. The van der Waals surface area contributed by atoms with Crippen molar-refractivity contribution in [2.45, 2.75) is 46.5 Å². The van der Waals surface area contributed by atoms with Gasteiger partial charge in [-0.05, 0) is 30.9 Å². The molecule has 0 aromatic carbocycles. The van der Waals surface area contributed by atoms with Crippen LogP contribution in [0.3, 0.4) is 0 Å². The van der Waals surface area contributed by atoms with Gasteiger partial charge in [-0.15, -0.1) is 0 Å². The van der Waals surface area contributed by atoms with Gasteiger partial charge in [0.15, 0.2) is 0 Å². The van der Waals surface area contributed by atoms with Crippen LogP contribution in [0.5, 0.6) is 0 Å². The van der Waals surface area contributed by atoms with Crippen LogP contribution in [0.25, 0.3) is 0 Å². The monoisotopic (exact) mass is 257 g/mol. The number of carboxylic acids is 1. The normalized spacial score (nSPS) is 12.0. The number of aromatic nitrogens is 1. The van der Waals surface area contributed by atoms with Crippen LogP contribution in [-0.4, -0.2) is 16.1 Å². The van der Waals surface area contributed by atoms with Crippen molar-refractivity contribution in [2.24, 2.45) is 0 Å². The molecule has 5 heteroatoms. The van der Waals surface area contributed by atoms with E-state index in [0.29, 0.717) is 5.56 Å². The molecule has 0 radical (unpaired) electrons. The van der Waals surface area contributed by atoms with Crippen LogP contribution in [0.15, 0.2) is 0 Å². The number of nitrogens with zero attached hydrogens (tertiary/aromatic N) is 1. The zero-order chi connectivity index (χ0) is 14.2. The minimum Gasteiger partial charge on any atom is -0.478 e. The van der Waals surface area contributed by atoms with Crippen LogP contribution >= 0.6 is 0 Å². The summed E-state index contributed by atoms with van der Waals surface area (Å²) in [6.07, 6.45) is 0. The number of hydrogen-bond acceptors (Lipinski definition) is 2. The fraction of sp³-hybridized carbons (Fsp3) is 0.538. The molecule has 0 bridgehead atoms. The molecule has 1 rings (SSSR count). The number of halogens is 2. The molecule has 0 aliphatic rings. The minimum atomic E-state index is -3.07. The van der Waals surface area contributed by atoms with E-state index in [1.807, 2.05) is 0 Å². The van der Waals surface area contributed by atoms with E-state index in [1.165, 1.54) is 6.92 Å². The number of carbonyl (C=O) groups is 1. The van der Waals surface area contributed by atoms with Crippen LogP contribution in [-0.2, 0) is 5.92 Å². The molecule has 0 spiro atoms. The summed E-state index contributed by atoms with van der Waals surface area (Å²) in [5, 5.41) is 9.19. The Kier molecular flexibility index (Phi) is 3.74. The molecular weight excluding hydrogens is 240 g/mol. The van der Waals surface area contributed by atoms with Crippen molar-refractivity contribution < 1.29 is 18.7 Å². The van der Waals surface area contributed by atoms with Gasteiger partial charge in [-0.25, -0.2) is 4.79 Å². The van der Waals surface area contributed by atoms with E-state index >= 15 is 0 Å². The fourth-order valence-electron chi connectivity index (χ4n) is 1.93. The maximum atomic E-state index is 13.5. The largest absolute Gasteiger partial charge is 0.478 e. The van der Waals surface area contributed by atoms with Gasteiger partial charge in [0.1, 0.15) is 5.69 Å². The molecule has 1 aromatic rings. The summed E-state index contributed by atoms with van der Waals surface area (Å²) in [4.78, 5) is 15.1. The molecule has 18 heavy (non-hydrogen) atoms. The van der Waals surface area contributed by atoms with E-state index in [-0.39, 0.29) is 28.4 Å². The summed E-state index contributed by atoms with van der Waals surface area (Å²) in [5.74, 6) is -4.43. The number of pyridine rings is 1. The van der Waals surface area contributed by atoms with Gasteiger partial charge in [0, 0.05) is 6.92 Å². The summed E-state index contributed by atoms with van der Waals surface area (Å²) < 4.78 is 26.9. The van der Waals surface area contributed by atoms with Crippen molar-refractivity contribution >= 4 is 5.97 Å². The van der Waals surface area contributed by atoms with Crippen molar-refractivity contribution in [3.63, 3.8) is 0 Å². The van der Waals surface area contributed by atoms with E-state index in [2.05, 4.69) is 4.98 Å². The van der Waals surface area contributed by atoms with E-state index in [9.17, 15) is 18.7 Å². The summed E-state index contributed by atoms with van der Waals surface area (Å²) in [5.41, 5.74) is 0.508. The molecule has 0 saturated heterocycles. The smallest absolute Gasteiger partial charge is 0.337 e. The maximum absolute atomic E-state index is 13.5. The van der Waals surface area contributed by atoms with E-state index in [1.54, 1.807) is 20.8 Å². The van der Waals surface area contributed by atoms with Gasteiger partial charge in [-0.1, -0.05) is 13.8 Å². The summed E-state index contributed by atoms with van der Waals surface area (Å²) in [6, 6.07) is 0. The second kappa shape index (κ2) is 4.63. The highest BCUT2D eigenvalue weighted by Gasteiger charge is 2.32. The first-order valence-corrected chi connectivity index (χ1v) is 5.70. The van der Waals surface area contributed by atoms with Crippen LogP contribution in [0, 0.1) is 13.8 Å². The molecule has 100 valence electrons. The third-order valence-corrected chi connectivity index (χ3v) is 2.96. The Labute approximate surface area is 105 Å². The second-order valence-electron chi connectivity index (χ2n) is 4.82. The molecule has 0 aliphatic carbocycles. The first-order valence-electron chi connectivity index (χ1n) is 5.70. The van der Waals surface area contributed by atoms with Gasteiger partial charge >= 0.3 is 5.97 Å². The van der Waals surface area contributed by atoms with E-state index in [4.69, 9.17) is 0 Å². The van der Waals surface area contributed by atoms with Crippen LogP contribution in [0.1, 0.15) is 59.6 Å². The molecule has 0 atom stereocenters. The van der Waals surface area contributed by atoms with Gasteiger partial charge in [0.2, 0.25) is 0 Å². The van der Waals surface area contributed by atoms with Gasteiger partial charge in [-0.3, -0.25) is 4.98 Å². The molecule has 3 nitrogen and oxygen atoms in total. The predicted octanol–water partition coefficient (Wildman–Crippen LogP) is 3.63. The van der Waals surface area contributed by atoms with Gasteiger partial charge in [0.25, 0.3) is 5.92 Å². The number of alkyl halides is 2. The van der Waals surface area contributed by atoms with Gasteiger partial charge < -0.3 is 5.11 Å². The van der Waals surface area contributed by atoms with Gasteiger partial charge in [0.05, 0.1) is 11.3 Å². The molecule has 0 amide bonds. The predicted molar refractivity (Wildman–Crippen MR) is 64.3 cm³/mol. The average Bonchev–Trinajstić information content (AvgIpc) is 2.18. The Bertz CT molecular complexity index is 491. The fourth-order valence-corrected chi connectivity index (χ4v) is 1.93. The molecular formula is C13H17F2NO2. The minimum absolute atomic E-state index is 0.0375. The first kappa shape index (κ1) is 14.5. The maximum Gasteiger partial charge on any atom is 0.337 e. The molecule has 0 unspecified atom stereocenters. The zero-order valence-corrected chi connectivity index (χ0v) is 11.1. The lowest BCUT2D eigenvalue weighted by atomic mass is 9.94. The summed E-state index contributed by atoms with van der Waals surface area (Å²) in [7, 11) is 0. The van der Waals surface area contributed by atoms with Crippen LogP contribution in [0.2, 0.25) is 0 Å². The first-order chi connectivity index (χ1) is 8.07. The highest BCUT2D eigenvalue weighted by molar-refractivity contribution is 5.91. The Morgan fingerprint density at radius 1 is 1.28 bits per heavy atom. The Morgan fingerprint density at radius 3 is 2.11 bits per heavy atom. The third-order valence-electron chi connectivity index (χ3n) is 2.96. The molecule has 1 N–H and O–H groups in total. The highest BCUT2D eigenvalue weighted by atomic mass is 19.3. The topological polar surface area (TPSA) is 50.2 Å². The van der Waals surface area contributed by atoms with Crippen LogP contribution in [0.4, 0.5) is 8.78 Å². The molecule has 1 heterocycles. The second-order valence-corrected chi connectivity index (χ2v) is 4.82. The lowest BCUT2D eigenvalue weighted by Crippen LogP contribution is -2.19. The van der Waals surface area contributed by atoms with Crippen LogP contribution < -0.4 is 0 Å². The molecule has 0 aliphatic heterocycles. The Balaban J connectivity index is 3.70. The van der Waals surface area contributed by atoms with Gasteiger partial charge in [-0.2, -0.15) is 8.78 Å². The SMILES string of the molecule is Cc1c(C(C)(F)F)nc(C(C)C)c(C(=O)O)c1C. The quantitative estimate of drug-likeness (QED) is 0.899. The Morgan fingerprint density at radius 2 is 1.78 bits per heavy atom. The van der Waals surface area contributed by atoms with Crippen molar-refractivity contribution in [2.75, 3.05) is 0 Å². The highest BCUT2D eigenvalue weighted by Crippen LogP contribution is 2.33. The third kappa shape index (κ3) is 2.49. The number of carboxylic acid groups (broad SMARTS) is 1. The lowest BCUT2D eigenvalue weighted by Gasteiger charge is -2.20. The average molecular weight is 257 g/mol.